The highest BCUT2D eigenvalue weighted by Gasteiger charge is 2.43. The Morgan fingerprint density at radius 3 is 2.59 bits per heavy atom. The Balaban J connectivity index is 1.54. The molecule has 0 N–H and O–H groups in total. The molecule has 3 aromatic carbocycles. The van der Waals surface area contributed by atoms with Crippen LogP contribution in [0.2, 0.25) is 0 Å². The molecular weight excluding hydrogens is 413 g/mol. The van der Waals surface area contributed by atoms with Crippen molar-refractivity contribution in [3.05, 3.63) is 105 Å². The summed E-state index contributed by atoms with van der Waals surface area (Å²) < 4.78 is 31.6. The molecule has 0 fully saturated rings. The molecule has 0 unspecified atom stereocenters. The number of para-hydroxylation sites is 1. The maximum Gasteiger partial charge on any atom is 0.291 e. The van der Waals surface area contributed by atoms with Gasteiger partial charge in [-0.2, -0.15) is 0 Å². The van der Waals surface area contributed by atoms with Crippen LogP contribution in [-0.2, 0) is 6.54 Å². The van der Waals surface area contributed by atoms with Crippen molar-refractivity contribution < 1.29 is 23.1 Å². The number of rotatable bonds is 3. The predicted octanol–water partition coefficient (Wildman–Crippen LogP) is 4.41. The first-order valence-electron chi connectivity index (χ1n) is 10.1. The van der Waals surface area contributed by atoms with Crippen LogP contribution >= 0.6 is 0 Å². The number of nitrogens with zero attached hydrogens (tertiary/aromatic N) is 1. The normalized spacial score (nSPS) is 16.6. The van der Waals surface area contributed by atoms with Crippen molar-refractivity contribution in [1.29, 1.82) is 0 Å². The van der Waals surface area contributed by atoms with E-state index in [9.17, 15) is 14.0 Å². The smallest absolute Gasteiger partial charge is 0.291 e. The molecule has 0 saturated heterocycles. The first kappa shape index (κ1) is 18.6. The van der Waals surface area contributed by atoms with E-state index in [4.69, 9.17) is 13.9 Å². The number of ether oxygens (including phenoxy) is 2. The van der Waals surface area contributed by atoms with Crippen LogP contribution in [0.3, 0.4) is 0 Å². The van der Waals surface area contributed by atoms with Crippen LogP contribution in [0.15, 0.2) is 75.9 Å². The molecule has 4 aromatic rings. The minimum atomic E-state index is -0.912. The Bertz CT molecular complexity index is 1460. The summed E-state index contributed by atoms with van der Waals surface area (Å²) in [5.74, 6) is 0.186. The third kappa shape index (κ3) is 2.71. The molecule has 7 heteroatoms. The van der Waals surface area contributed by atoms with E-state index in [-0.39, 0.29) is 35.7 Å². The SMILES string of the molecule is O=C1c2oc3ccccc3c(=O)c2[C@@H](c2ccccc2F)N1Cc1ccc2c(c1)OCO2. The van der Waals surface area contributed by atoms with Gasteiger partial charge in [0.05, 0.1) is 17.0 Å². The second-order valence-electron chi connectivity index (χ2n) is 7.71. The molecule has 158 valence electrons. The molecule has 1 amide bonds. The minimum absolute atomic E-state index is 0.0531. The summed E-state index contributed by atoms with van der Waals surface area (Å²) >= 11 is 0. The monoisotopic (exact) mass is 429 g/mol. The van der Waals surface area contributed by atoms with E-state index in [2.05, 4.69) is 0 Å². The maximum absolute atomic E-state index is 14.9. The van der Waals surface area contributed by atoms with Gasteiger partial charge in [-0.1, -0.05) is 36.4 Å². The van der Waals surface area contributed by atoms with E-state index in [1.165, 1.54) is 11.0 Å². The highest BCUT2D eigenvalue weighted by molar-refractivity contribution is 5.99. The van der Waals surface area contributed by atoms with Crippen LogP contribution in [-0.4, -0.2) is 17.6 Å². The fraction of sp³-hybridized carbons (Fsp3) is 0.120. The first-order valence-corrected chi connectivity index (χ1v) is 10.1. The van der Waals surface area contributed by atoms with Crippen molar-refractivity contribution in [3.8, 4) is 11.5 Å². The van der Waals surface area contributed by atoms with E-state index < -0.39 is 17.8 Å². The molecule has 6 nitrogen and oxygen atoms in total. The molecule has 0 radical (unpaired) electrons. The van der Waals surface area contributed by atoms with Crippen LogP contribution < -0.4 is 14.9 Å². The van der Waals surface area contributed by atoms with Gasteiger partial charge in [-0.05, 0) is 35.9 Å². The molecule has 0 bridgehead atoms. The van der Waals surface area contributed by atoms with Gasteiger partial charge in [0, 0.05) is 12.1 Å². The Morgan fingerprint density at radius 2 is 1.72 bits per heavy atom. The lowest BCUT2D eigenvalue weighted by Crippen LogP contribution is -2.29. The second kappa shape index (κ2) is 6.95. The van der Waals surface area contributed by atoms with Gasteiger partial charge >= 0.3 is 0 Å². The summed E-state index contributed by atoms with van der Waals surface area (Å²) in [7, 11) is 0. The molecule has 6 rings (SSSR count). The van der Waals surface area contributed by atoms with Gasteiger partial charge in [0.25, 0.3) is 5.91 Å². The van der Waals surface area contributed by atoms with Gasteiger partial charge in [-0.15, -0.1) is 0 Å². The zero-order valence-corrected chi connectivity index (χ0v) is 16.7. The van der Waals surface area contributed by atoms with Crippen molar-refractivity contribution in [2.45, 2.75) is 12.6 Å². The molecular formula is C25H16FNO5. The van der Waals surface area contributed by atoms with E-state index in [1.54, 1.807) is 54.6 Å². The Morgan fingerprint density at radius 1 is 0.938 bits per heavy atom. The number of carbonyl (C=O) groups excluding carboxylic acids is 1. The fourth-order valence-corrected chi connectivity index (χ4v) is 4.39. The molecule has 3 heterocycles. The van der Waals surface area contributed by atoms with Gasteiger partial charge in [-0.25, -0.2) is 4.39 Å². The highest BCUT2D eigenvalue weighted by atomic mass is 19.1. The Kier molecular flexibility index (Phi) is 4.04. The average Bonchev–Trinajstić information content (AvgIpc) is 3.38. The second-order valence-corrected chi connectivity index (χ2v) is 7.71. The summed E-state index contributed by atoms with van der Waals surface area (Å²) in [6.45, 7) is 0.268. The van der Waals surface area contributed by atoms with Crippen LogP contribution in [0, 0.1) is 5.82 Å². The molecule has 2 aliphatic rings. The van der Waals surface area contributed by atoms with E-state index in [0.717, 1.165) is 5.56 Å². The fourth-order valence-electron chi connectivity index (χ4n) is 4.39. The zero-order chi connectivity index (χ0) is 21.8. The van der Waals surface area contributed by atoms with Gasteiger partial charge in [0.2, 0.25) is 12.6 Å². The predicted molar refractivity (Wildman–Crippen MR) is 113 cm³/mol. The van der Waals surface area contributed by atoms with Gasteiger partial charge in [0.1, 0.15) is 11.4 Å². The van der Waals surface area contributed by atoms with Gasteiger partial charge < -0.3 is 18.8 Å². The lowest BCUT2D eigenvalue weighted by atomic mass is 9.98. The van der Waals surface area contributed by atoms with Crippen molar-refractivity contribution in [2.75, 3.05) is 6.79 Å². The van der Waals surface area contributed by atoms with Crippen LogP contribution in [0.1, 0.15) is 33.3 Å². The third-order valence-electron chi connectivity index (χ3n) is 5.86. The molecule has 2 aliphatic heterocycles. The number of amides is 1. The van der Waals surface area contributed by atoms with Crippen LogP contribution in [0.5, 0.6) is 11.5 Å². The third-order valence-corrected chi connectivity index (χ3v) is 5.86. The quantitative estimate of drug-likeness (QED) is 0.483. The molecule has 0 saturated carbocycles. The van der Waals surface area contributed by atoms with Crippen LogP contribution in [0.4, 0.5) is 4.39 Å². The minimum Gasteiger partial charge on any atom is -0.454 e. The first-order chi connectivity index (χ1) is 15.6. The van der Waals surface area contributed by atoms with Crippen molar-refractivity contribution >= 4 is 16.9 Å². The van der Waals surface area contributed by atoms with Crippen molar-refractivity contribution in [1.82, 2.24) is 4.90 Å². The molecule has 1 aromatic heterocycles. The number of benzene rings is 3. The van der Waals surface area contributed by atoms with Crippen molar-refractivity contribution in [3.63, 3.8) is 0 Å². The lowest BCUT2D eigenvalue weighted by molar-refractivity contribution is 0.0712. The summed E-state index contributed by atoms with van der Waals surface area (Å²) in [6, 6.07) is 17.4. The number of hydrogen-bond donors (Lipinski definition) is 0. The number of fused-ring (bicyclic) bond motifs is 3. The average molecular weight is 429 g/mol. The van der Waals surface area contributed by atoms with E-state index in [0.29, 0.717) is 22.5 Å². The zero-order valence-electron chi connectivity index (χ0n) is 16.7. The molecule has 32 heavy (non-hydrogen) atoms. The van der Waals surface area contributed by atoms with E-state index >= 15 is 0 Å². The van der Waals surface area contributed by atoms with Crippen molar-refractivity contribution in [2.24, 2.45) is 0 Å². The molecule has 0 spiro atoms. The largest absolute Gasteiger partial charge is 0.454 e. The summed E-state index contributed by atoms with van der Waals surface area (Å²) in [5, 5.41) is 0.352. The van der Waals surface area contributed by atoms with Crippen LogP contribution in [0.25, 0.3) is 11.0 Å². The van der Waals surface area contributed by atoms with Gasteiger partial charge in [-0.3, -0.25) is 9.59 Å². The van der Waals surface area contributed by atoms with E-state index in [1.807, 2.05) is 6.07 Å². The molecule has 1 atom stereocenters. The summed E-state index contributed by atoms with van der Waals surface area (Å²) in [5.41, 5.74) is 1.13. The number of halogens is 1. The lowest BCUT2D eigenvalue weighted by Gasteiger charge is -2.25. The Labute approximate surface area is 181 Å². The number of hydrogen-bond acceptors (Lipinski definition) is 5. The topological polar surface area (TPSA) is 69.0 Å². The summed E-state index contributed by atoms with van der Waals surface area (Å²) in [4.78, 5) is 28.3. The standard InChI is InChI=1S/C25H16FNO5/c26-17-7-3-1-5-15(17)22-21-23(28)16-6-2-4-8-18(16)32-24(21)25(29)27(22)12-14-9-10-19-20(11-14)31-13-30-19/h1-11,22H,12-13H2/t22-/m1/s1. The number of carbonyl (C=O) groups is 1. The Hall–Kier alpha value is -4.13. The molecule has 0 aliphatic carbocycles. The van der Waals surface area contributed by atoms with Gasteiger partial charge in [0.15, 0.2) is 16.9 Å². The highest BCUT2D eigenvalue weighted by Crippen LogP contribution is 2.41. The summed E-state index contributed by atoms with van der Waals surface area (Å²) in [6.07, 6.45) is 0. The maximum atomic E-state index is 14.9.